The molecule has 5 heteroatoms. The predicted molar refractivity (Wildman–Crippen MR) is 48.9 cm³/mol. The van der Waals surface area contributed by atoms with Crippen molar-refractivity contribution >= 4 is 7.82 Å². The van der Waals surface area contributed by atoms with Crippen molar-refractivity contribution in [3.8, 4) is 0 Å². The summed E-state index contributed by atoms with van der Waals surface area (Å²) in [6.07, 6.45) is 4.57. The van der Waals surface area contributed by atoms with E-state index in [4.69, 9.17) is 19.2 Å². The van der Waals surface area contributed by atoms with E-state index in [1.165, 1.54) is 19.3 Å². The summed E-state index contributed by atoms with van der Waals surface area (Å²) >= 11 is 0. The molecule has 0 saturated heterocycles. The van der Waals surface area contributed by atoms with Crippen LogP contribution in [0.4, 0.5) is 0 Å². The third-order valence-electron chi connectivity index (χ3n) is 3.73. The summed E-state index contributed by atoms with van der Waals surface area (Å²) in [7, 11) is -4.64. The third-order valence-corrected chi connectivity index (χ3v) is 3.73. The zero-order valence-electron chi connectivity index (χ0n) is 7.97. The minimum atomic E-state index is -4.64. The fourth-order valence-electron chi connectivity index (χ4n) is 2.38. The van der Waals surface area contributed by atoms with Gasteiger partial charge in [-0.25, -0.2) is 4.57 Å². The highest BCUT2D eigenvalue weighted by Crippen LogP contribution is 2.63. The molecule has 0 radical (unpaired) electrons. The molecule has 2 rings (SSSR count). The molecule has 2 aliphatic carbocycles. The van der Waals surface area contributed by atoms with Gasteiger partial charge in [-0.1, -0.05) is 13.8 Å². The highest BCUT2D eigenvalue weighted by molar-refractivity contribution is 7.45. The van der Waals surface area contributed by atoms with Crippen molar-refractivity contribution in [2.24, 2.45) is 17.3 Å². The topological polar surface area (TPSA) is 77.8 Å². The van der Waals surface area contributed by atoms with E-state index in [2.05, 4.69) is 13.8 Å². The van der Waals surface area contributed by atoms with Gasteiger partial charge >= 0.3 is 7.82 Å². The summed E-state index contributed by atoms with van der Waals surface area (Å²) in [4.78, 5) is 21.6. The highest BCUT2D eigenvalue weighted by atomic mass is 31.2. The fraction of sp³-hybridized carbons (Fsp3) is 1.00. The molecule has 0 bridgehead atoms. The lowest BCUT2D eigenvalue weighted by atomic mass is 9.44. The van der Waals surface area contributed by atoms with Crippen LogP contribution in [0.25, 0.3) is 0 Å². The lowest BCUT2D eigenvalue weighted by Crippen LogP contribution is -2.52. The first-order chi connectivity index (χ1) is 5.73. The normalized spacial score (nSPS) is 41.9. The molecule has 13 heavy (non-hydrogen) atoms. The van der Waals surface area contributed by atoms with Gasteiger partial charge in [0, 0.05) is 0 Å². The average Bonchev–Trinajstić information content (AvgIpc) is 1.94. The Morgan fingerprint density at radius 2 is 1.85 bits per heavy atom. The van der Waals surface area contributed by atoms with Gasteiger partial charge in [0.25, 0.3) is 0 Å². The number of rotatable bonds is 0. The smallest absolute Gasteiger partial charge is 0.303 e. The van der Waals surface area contributed by atoms with Crippen LogP contribution < -0.4 is 0 Å². The van der Waals surface area contributed by atoms with Crippen molar-refractivity contribution in [2.45, 2.75) is 33.1 Å². The van der Waals surface area contributed by atoms with Crippen LogP contribution in [0.1, 0.15) is 33.1 Å². The van der Waals surface area contributed by atoms with Crippen LogP contribution in [0.15, 0.2) is 0 Å². The van der Waals surface area contributed by atoms with E-state index < -0.39 is 7.82 Å². The number of hydrogen-bond acceptors (Lipinski definition) is 1. The second-order valence-corrected chi connectivity index (χ2v) is 5.42. The van der Waals surface area contributed by atoms with Crippen molar-refractivity contribution in [3.63, 3.8) is 0 Å². The van der Waals surface area contributed by atoms with Crippen LogP contribution in [0.5, 0.6) is 0 Å². The molecule has 0 aromatic carbocycles. The van der Waals surface area contributed by atoms with Crippen LogP contribution in [0.2, 0.25) is 0 Å². The van der Waals surface area contributed by atoms with Gasteiger partial charge in [-0.3, -0.25) is 0 Å². The minimum Gasteiger partial charge on any atom is -0.303 e. The minimum absolute atomic E-state index is 0.819. The van der Waals surface area contributed by atoms with Gasteiger partial charge in [0.2, 0.25) is 0 Å². The molecule has 0 amide bonds. The van der Waals surface area contributed by atoms with Gasteiger partial charge < -0.3 is 14.7 Å². The predicted octanol–water partition coefficient (Wildman–Crippen LogP) is 1.51. The second kappa shape index (κ2) is 3.35. The van der Waals surface area contributed by atoms with E-state index in [9.17, 15) is 0 Å². The molecule has 2 saturated carbocycles. The fourth-order valence-corrected chi connectivity index (χ4v) is 2.38. The molecular weight excluding hydrogens is 191 g/mol. The zero-order valence-corrected chi connectivity index (χ0v) is 8.87. The quantitative estimate of drug-likeness (QED) is 0.527. The maximum atomic E-state index is 8.88. The van der Waals surface area contributed by atoms with Crippen molar-refractivity contribution in [1.82, 2.24) is 0 Å². The van der Waals surface area contributed by atoms with E-state index in [0.29, 0.717) is 0 Å². The standard InChI is InChI=1S/C8H14.H3O4P/c1-6-5-7-3-4-8(6,7)2;1-5(2,3)4/h6-7H,3-5H2,1-2H3;(H3,1,2,3,4). The van der Waals surface area contributed by atoms with Gasteiger partial charge in [-0.05, 0) is 36.5 Å². The molecule has 0 aromatic rings. The molecule has 3 atom stereocenters. The number of phosphoric acid groups is 1. The summed E-state index contributed by atoms with van der Waals surface area (Å²) in [5.74, 6) is 2.18. The lowest BCUT2D eigenvalue weighted by Gasteiger charge is -2.61. The number of hydrogen-bond donors (Lipinski definition) is 3. The summed E-state index contributed by atoms with van der Waals surface area (Å²) < 4.78 is 8.88. The molecular formula is C8H17O4P. The Bertz CT molecular complexity index is 222. The Kier molecular flexibility index (Phi) is 2.89. The first-order valence-corrected chi connectivity index (χ1v) is 6.08. The Labute approximate surface area is 78.2 Å². The zero-order chi connectivity index (χ0) is 10.3. The van der Waals surface area contributed by atoms with E-state index in [1.807, 2.05) is 0 Å². The summed E-state index contributed by atoms with van der Waals surface area (Å²) in [5.41, 5.74) is 0.819. The monoisotopic (exact) mass is 208 g/mol. The van der Waals surface area contributed by atoms with Gasteiger partial charge in [-0.2, -0.15) is 0 Å². The molecule has 2 aliphatic rings. The molecule has 3 unspecified atom stereocenters. The van der Waals surface area contributed by atoms with E-state index in [0.717, 1.165) is 17.3 Å². The lowest BCUT2D eigenvalue weighted by molar-refractivity contribution is -0.117. The van der Waals surface area contributed by atoms with E-state index in [-0.39, 0.29) is 0 Å². The Morgan fingerprint density at radius 3 is 1.85 bits per heavy atom. The Morgan fingerprint density at radius 1 is 1.38 bits per heavy atom. The molecule has 78 valence electrons. The maximum absolute atomic E-state index is 8.88. The largest absolute Gasteiger partial charge is 0.466 e. The van der Waals surface area contributed by atoms with Gasteiger partial charge in [0.1, 0.15) is 0 Å². The summed E-state index contributed by atoms with van der Waals surface area (Å²) in [6, 6.07) is 0. The first kappa shape index (κ1) is 11.2. The summed E-state index contributed by atoms with van der Waals surface area (Å²) in [6.45, 7) is 4.85. The second-order valence-electron chi connectivity index (χ2n) is 4.39. The van der Waals surface area contributed by atoms with Crippen molar-refractivity contribution in [2.75, 3.05) is 0 Å². The molecule has 0 aromatic heterocycles. The summed E-state index contributed by atoms with van der Waals surface area (Å²) in [5, 5.41) is 0. The molecule has 0 spiro atoms. The van der Waals surface area contributed by atoms with Crippen molar-refractivity contribution < 1.29 is 19.2 Å². The van der Waals surface area contributed by atoms with Gasteiger partial charge in [-0.15, -0.1) is 0 Å². The van der Waals surface area contributed by atoms with Gasteiger partial charge in [0.15, 0.2) is 0 Å². The Hall–Kier alpha value is 0.110. The van der Waals surface area contributed by atoms with Crippen LogP contribution in [-0.2, 0) is 4.57 Å². The average molecular weight is 208 g/mol. The third kappa shape index (κ3) is 2.53. The molecule has 0 heterocycles. The number of fused-ring (bicyclic) bond motifs is 1. The SMILES string of the molecule is CC1CC2CCC12C.O=P(O)(O)O. The molecule has 0 aliphatic heterocycles. The highest BCUT2D eigenvalue weighted by Gasteiger charge is 2.54. The van der Waals surface area contributed by atoms with Gasteiger partial charge in [0.05, 0.1) is 0 Å². The van der Waals surface area contributed by atoms with Crippen molar-refractivity contribution in [1.29, 1.82) is 0 Å². The molecule has 3 N–H and O–H groups in total. The Balaban J connectivity index is 0.000000149. The maximum Gasteiger partial charge on any atom is 0.466 e. The van der Waals surface area contributed by atoms with E-state index >= 15 is 0 Å². The van der Waals surface area contributed by atoms with Crippen molar-refractivity contribution in [3.05, 3.63) is 0 Å². The van der Waals surface area contributed by atoms with E-state index in [1.54, 1.807) is 0 Å². The van der Waals surface area contributed by atoms with Crippen LogP contribution in [0.3, 0.4) is 0 Å². The van der Waals surface area contributed by atoms with Crippen LogP contribution in [0, 0.1) is 17.3 Å². The first-order valence-electron chi connectivity index (χ1n) is 4.52. The molecule has 4 nitrogen and oxygen atoms in total. The van der Waals surface area contributed by atoms with Crippen LogP contribution in [-0.4, -0.2) is 14.7 Å². The van der Waals surface area contributed by atoms with Crippen LogP contribution >= 0.6 is 7.82 Å². The molecule has 2 fully saturated rings.